The fraction of sp³-hybridized carbons (Fsp3) is 0.471. The van der Waals surface area contributed by atoms with Crippen LogP contribution in [0.15, 0.2) is 28.8 Å². The van der Waals surface area contributed by atoms with Gasteiger partial charge in [-0.15, -0.1) is 12.4 Å². The van der Waals surface area contributed by atoms with Gasteiger partial charge in [0, 0.05) is 18.5 Å². The summed E-state index contributed by atoms with van der Waals surface area (Å²) in [5, 5.41) is 6.73. The van der Waals surface area contributed by atoms with Gasteiger partial charge in [0.05, 0.1) is 0 Å². The molecule has 1 aliphatic rings. The lowest BCUT2D eigenvalue weighted by atomic mass is 9.95. The van der Waals surface area contributed by atoms with E-state index in [9.17, 15) is 4.79 Å². The minimum absolute atomic E-state index is 0. The third-order valence-electron chi connectivity index (χ3n) is 4.36. The van der Waals surface area contributed by atoms with Gasteiger partial charge in [0.2, 0.25) is 17.6 Å². The number of hydrogen-bond donors (Lipinski definition) is 2. The second kappa shape index (κ2) is 8.82. The lowest BCUT2D eigenvalue weighted by molar-refractivity contribution is -0.120. The number of halogens is 1. The highest BCUT2D eigenvalue weighted by Gasteiger charge is 2.31. The molecule has 1 aromatic heterocycles. The van der Waals surface area contributed by atoms with E-state index in [1.165, 1.54) is 0 Å². The van der Waals surface area contributed by atoms with Crippen molar-refractivity contribution in [2.45, 2.75) is 32.8 Å². The number of carbonyl (C=O) groups excluding carboxylic acids is 1. The van der Waals surface area contributed by atoms with Crippen LogP contribution in [0, 0.1) is 18.8 Å². The molecule has 1 amide bonds. The van der Waals surface area contributed by atoms with Gasteiger partial charge >= 0.3 is 0 Å². The summed E-state index contributed by atoms with van der Waals surface area (Å²) in [7, 11) is 0. The standard InChI is InChI=1S/C17H22N4O3.ClH/c1-11-19-16(21-24-11)10-23-14-7-5-13(6-8-14)20-17(22)15-4-2-3-12(15)9-18;/h5-8,12,15H,2-4,9-10,18H2,1H3,(H,20,22);1H/t12-,15-;/m1./s1. The lowest BCUT2D eigenvalue weighted by Gasteiger charge is -2.17. The number of nitrogens with one attached hydrogen (secondary N) is 1. The molecule has 2 aromatic rings. The number of anilines is 1. The van der Waals surface area contributed by atoms with Crippen LogP contribution in [0.3, 0.4) is 0 Å². The number of benzene rings is 1. The monoisotopic (exact) mass is 366 g/mol. The Kier molecular flexibility index (Phi) is 6.78. The van der Waals surface area contributed by atoms with E-state index in [4.69, 9.17) is 15.0 Å². The van der Waals surface area contributed by atoms with Crippen LogP contribution in [-0.2, 0) is 11.4 Å². The Balaban J connectivity index is 0.00000225. The van der Waals surface area contributed by atoms with Crippen LogP contribution < -0.4 is 15.8 Å². The normalized spacial score (nSPS) is 19.3. The summed E-state index contributed by atoms with van der Waals surface area (Å²) in [6, 6.07) is 7.25. The van der Waals surface area contributed by atoms with Crippen LogP contribution >= 0.6 is 12.4 Å². The predicted molar refractivity (Wildman–Crippen MR) is 95.6 cm³/mol. The average molecular weight is 367 g/mol. The van der Waals surface area contributed by atoms with Crippen molar-refractivity contribution in [1.82, 2.24) is 10.1 Å². The van der Waals surface area contributed by atoms with Crippen LogP contribution in [0.25, 0.3) is 0 Å². The van der Waals surface area contributed by atoms with Crippen LogP contribution in [0.1, 0.15) is 31.0 Å². The number of nitrogens with zero attached hydrogens (tertiary/aromatic N) is 2. The van der Waals surface area contributed by atoms with Crippen LogP contribution in [0.5, 0.6) is 5.75 Å². The zero-order valence-corrected chi connectivity index (χ0v) is 14.9. The van der Waals surface area contributed by atoms with E-state index in [0.29, 0.717) is 29.9 Å². The molecule has 3 rings (SSSR count). The number of nitrogens with two attached hydrogens (primary N) is 1. The minimum atomic E-state index is 0. The van der Waals surface area contributed by atoms with Gasteiger partial charge in [-0.3, -0.25) is 4.79 Å². The molecule has 7 nitrogen and oxygen atoms in total. The quantitative estimate of drug-likeness (QED) is 0.814. The Morgan fingerprint density at radius 3 is 2.76 bits per heavy atom. The third kappa shape index (κ3) is 4.93. The highest BCUT2D eigenvalue weighted by molar-refractivity contribution is 5.93. The molecule has 1 fully saturated rings. The second-order valence-electron chi connectivity index (χ2n) is 6.07. The van der Waals surface area contributed by atoms with Crippen molar-refractivity contribution in [2.75, 3.05) is 11.9 Å². The fourth-order valence-electron chi connectivity index (χ4n) is 3.08. The zero-order valence-electron chi connectivity index (χ0n) is 14.1. The first-order valence-corrected chi connectivity index (χ1v) is 8.18. The first-order chi connectivity index (χ1) is 11.7. The van der Waals surface area contributed by atoms with E-state index < -0.39 is 0 Å². The summed E-state index contributed by atoms with van der Waals surface area (Å²) >= 11 is 0. The molecule has 0 aliphatic heterocycles. The van der Waals surface area contributed by atoms with Crippen molar-refractivity contribution in [3.8, 4) is 5.75 Å². The molecular weight excluding hydrogens is 344 g/mol. The zero-order chi connectivity index (χ0) is 16.9. The van der Waals surface area contributed by atoms with Crippen LogP contribution in [-0.4, -0.2) is 22.6 Å². The van der Waals surface area contributed by atoms with Gasteiger partial charge in [0.15, 0.2) is 6.61 Å². The summed E-state index contributed by atoms with van der Waals surface area (Å²) in [6.07, 6.45) is 3.03. The van der Waals surface area contributed by atoms with Crippen LogP contribution in [0.2, 0.25) is 0 Å². The van der Waals surface area contributed by atoms with Gasteiger partial charge in [0.25, 0.3) is 0 Å². The van der Waals surface area contributed by atoms with Crippen molar-refractivity contribution in [1.29, 1.82) is 0 Å². The Bertz CT molecular complexity index is 689. The van der Waals surface area contributed by atoms with Crippen LogP contribution in [0.4, 0.5) is 5.69 Å². The molecule has 2 atom stereocenters. The average Bonchev–Trinajstić information content (AvgIpc) is 3.22. The highest BCUT2D eigenvalue weighted by Crippen LogP contribution is 2.32. The number of hydrogen-bond acceptors (Lipinski definition) is 6. The first kappa shape index (κ1) is 19.2. The Labute approximate surface area is 152 Å². The number of amides is 1. The number of aryl methyl sites for hydroxylation is 1. The molecule has 0 saturated heterocycles. The Morgan fingerprint density at radius 2 is 2.12 bits per heavy atom. The molecule has 136 valence electrons. The van der Waals surface area contributed by atoms with E-state index in [0.717, 1.165) is 24.9 Å². The van der Waals surface area contributed by atoms with Crippen molar-refractivity contribution >= 4 is 24.0 Å². The molecule has 8 heteroatoms. The molecule has 0 spiro atoms. The van der Waals surface area contributed by atoms with E-state index in [1.807, 2.05) is 12.1 Å². The van der Waals surface area contributed by atoms with Gasteiger partial charge in [0.1, 0.15) is 5.75 Å². The molecule has 1 saturated carbocycles. The summed E-state index contributed by atoms with van der Waals surface area (Å²) in [5.41, 5.74) is 6.50. The van der Waals surface area contributed by atoms with Crippen molar-refractivity contribution in [2.24, 2.45) is 17.6 Å². The molecule has 0 radical (unpaired) electrons. The van der Waals surface area contributed by atoms with Gasteiger partial charge in [-0.25, -0.2) is 0 Å². The Morgan fingerprint density at radius 1 is 1.36 bits per heavy atom. The maximum atomic E-state index is 12.4. The van der Waals surface area contributed by atoms with E-state index in [2.05, 4.69) is 15.5 Å². The first-order valence-electron chi connectivity index (χ1n) is 8.18. The number of aromatic nitrogens is 2. The maximum Gasteiger partial charge on any atom is 0.227 e. The molecule has 0 unspecified atom stereocenters. The van der Waals surface area contributed by atoms with Gasteiger partial charge in [-0.1, -0.05) is 11.6 Å². The van der Waals surface area contributed by atoms with Gasteiger partial charge < -0.3 is 20.3 Å². The SMILES string of the molecule is Cc1nc(COc2ccc(NC(=O)[C@@H]3CCC[C@@H]3CN)cc2)no1.Cl. The molecule has 1 aliphatic carbocycles. The Hall–Kier alpha value is -2.12. The minimum Gasteiger partial charge on any atom is -0.485 e. The smallest absolute Gasteiger partial charge is 0.227 e. The molecule has 0 bridgehead atoms. The summed E-state index contributed by atoms with van der Waals surface area (Å²) in [4.78, 5) is 16.4. The molecular formula is C17H23ClN4O3. The third-order valence-corrected chi connectivity index (χ3v) is 4.36. The fourth-order valence-corrected chi connectivity index (χ4v) is 3.08. The summed E-state index contributed by atoms with van der Waals surface area (Å²) in [5.74, 6) is 2.06. The molecule has 3 N–H and O–H groups in total. The maximum absolute atomic E-state index is 12.4. The largest absolute Gasteiger partial charge is 0.485 e. The van der Waals surface area contributed by atoms with Crippen molar-refractivity contribution < 1.29 is 14.1 Å². The summed E-state index contributed by atoms with van der Waals surface area (Å²) < 4.78 is 10.5. The topological polar surface area (TPSA) is 103 Å². The molecule has 1 heterocycles. The highest BCUT2D eigenvalue weighted by atomic mass is 35.5. The van der Waals surface area contributed by atoms with Gasteiger partial charge in [-0.2, -0.15) is 4.98 Å². The lowest BCUT2D eigenvalue weighted by Crippen LogP contribution is -2.29. The predicted octanol–water partition coefficient (Wildman–Crippen LogP) is 2.69. The number of rotatable bonds is 6. The van der Waals surface area contributed by atoms with Crippen molar-refractivity contribution in [3.63, 3.8) is 0 Å². The van der Waals surface area contributed by atoms with Gasteiger partial charge in [-0.05, 0) is 49.6 Å². The van der Waals surface area contributed by atoms with Crippen molar-refractivity contribution in [3.05, 3.63) is 36.0 Å². The number of ether oxygens (including phenoxy) is 1. The second-order valence-corrected chi connectivity index (χ2v) is 6.07. The summed E-state index contributed by atoms with van der Waals surface area (Å²) in [6.45, 7) is 2.54. The molecule has 25 heavy (non-hydrogen) atoms. The number of carbonyl (C=O) groups is 1. The molecule has 1 aromatic carbocycles. The van der Waals surface area contributed by atoms with E-state index in [-0.39, 0.29) is 30.8 Å². The van der Waals surface area contributed by atoms with E-state index >= 15 is 0 Å². The van der Waals surface area contributed by atoms with E-state index in [1.54, 1.807) is 19.1 Å².